The number of rotatable bonds is 10. The molecular weight excluding hydrogens is 246 g/mol. The van der Waals surface area contributed by atoms with Crippen LogP contribution in [0.15, 0.2) is 24.3 Å². The lowest BCUT2D eigenvalue weighted by molar-refractivity contribution is 0.0907. The first-order chi connectivity index (χ1) is 9.78. The van der Waals surface area contributed by atoms with E-state index in [-0.39, 0.29) is 0 Å². The largest absolute Gasteiger partial charge is 0.381 e. The molecule has 0 radical (unpaired) electrons. The van der Waals surface area contributed by atoms with E-state index in [1.54, 1.807) is 0 Å². The highest BCUT2D eigenvalue weighted by Gasteiger charge is 2.21. The molecule has 20 heavy (non-hydrogen) atoms. The van der Waals surface area contributed by atoms with Crippen LogP contribution in [0.1, 0.15) is 37.3 Å². The van der Waals surface area contributed by atoms with Gasteiger partial charge in [0.2, 0.25) is 0 Å². The molecule has 1 N–H and O–H groups in total. The van der Waals surface area contributed by atoms with Crippen LogP contribution >= 0.6 is 0 Å². The zero-order valence-electron chi connectivity index (χ0n) is 13.0. The summed E-state index contributed by atoms with van der Waals surface area (Å²) in [6.07, 6.45) is 5.05. The molecule has 1 aromatic carbocycles. The van der Waals surface area contributed by atoms with Crippen molar-refractivity contribution in [3.8, 4) is 0 Å². The number of hydrogen-bond donors (Lipinski definition) is 1. The van der Waals surface area contributed by atoms with Crippen molar-refractivity contribution in [3.05, 3.63) is 35.4 Å². The molecule has 1 aromatic rings. The summed E-state index contributed by atoms with van der Waals surface area (Å²) < 4.78 is 5.91. The highest BCUT2D eigenvalue weighted by molar-refractivity contribution is 5.21. The van der Waals surface area contributed by atoms with Crippen molar-refractivity contribution in [2.45, 2.75) is 39.5 Å². The van der Waals surface area contributed by atoms with Crippen LogP contribution in [-0.4, -0.2) is 26.3 Å². The Labute approximate surface area is 123 Å². The molecule has 112 valence electrons. The summed E-state index contributed by atoms with van der Waals surface area (Å²) >= 11 is 0. The standard InChI is InChI=1S/C18H29NO/c1-3-10-19-12-18(14-20-13-17-8-9-17)11-16-6-4-15(2)5-7-16/h4-7,17-19H,3,8-14H2,1-2H3. The number of aryl methyl sites for hydroxylation is 1. The van der Waals surface area contributed by atoms with Crippen LogP contribution < -0.4 is 5.32 Å². The third kappa shape index (κ3) is 6.06. The lowest BCUT2D eigenvalue weighted by atomic mass is 9.99. The Morgan fingerprint density at radius 3 is 2.65 bits per heavy atom. The molecular formula is C18H29NO. The van der Waals surface area contributed by atoms with E-state index in [0.717, 1.165) is 38.6 Å². The van der Waals surface area contributed by atoms with Crippen LogP contribution in [0.3, 0.4) is 0 Å². The Morgan fingerprint density at radius 1 is 1.25 bits per heavy atom. The zero-order valence-corrected chi connectivity index (χ0v) is 13.0. The van der Waals surface area contributed by atoms with Crippen molar-refractivity contribution >= 4 is 0 Å². The molecule has 1 aliphatic rings. The summed E-state index contributed by atoms with van der Waals surface area (Å²) in [6.45, 7) is 8.38. The van der Waals surface area contributed by atoms with Crippen molar-refractivity contribution in [2.75, 3.05) is 26.3 Å². The highest BCUT2D eigenvalue weighted by Crippen LogP contribution is 2.29. The van der Waals surface area contributed by atoms with Gasteiger partial charge in [-0.2, -0.15) is 0 Å². The Kier molecular flexibility index (Phi) is 6.55. The first-order valence-corrected chi connectivity index (χ1v) is 8.12. The summed E-state index contributed by atoms with van der Waals surface area (Å²) in [7, 11) is 0. The first-order valence-electron chi connectivity index (χ1n) is 8.12. The molecule has 0 heterocycles. The molecule has 0 aromatic heterocycles. The highest BCUT2D eigenvalue weighted by atomic mass is 16.5. The molecule has 0 saturated heterocycles. The van der Waals surface area contributed by atoms with Gasteiger partial charge in [0.15, 0.2) is 0 Å². The maximum absolute atomic E-state index is 5.91. The Balaban J connectivity index is 1.77. The van der Waals surface area contributed by atoms with Gasteiger partial charge < -0.3 is 10.1 Å². The minimum Gasteiger partial charge on any atom is -0.381 e. The molecule has 0 bridgehead atoms. The normalized spacial score (nSPS) is 16.3. The van der Waals surface area contributed by atoms with Crippen LogP contribution in [0, 0.1) is 18.8 Å². The maximum atomic E-state index is 5.91. The van der Waals surface area contributed by atoms with Gasteiger partial charge in [0, 0.05) is 13.2 Å². The minimum atomic E-state index is 0.586. The number of ether oxygens (including phenoxy) is 1. The topological polar surface area (TPSA) is 21.3 Å². The molecule has 0 amide bonds. The van der Waals surface area contributed by atoms with Crippen molar-refractivity contribution < 1.29 is 4.74 Å². The second kappa shape index (κ2) is 8.43. The van der Waals surface area contributed by atoms with Gasteiger partial charge in [-0.1, -0.05) is 36.8 Å². The third-order valence-corrected chi connectivity index (χ3v) is 3.91. The lowest BCUT2D eigenvalue weighted by Crippen LogP contribution is -2.28. The smallest absolute Gasteiger partial charge is 0.0509 e. The fourth-order valence-electron chi connectivity index (χ4n) is 2.42. The summed E-state index contributed by atoms with van der Waals surface area (Å²) in [4.78, 5) is 0. The van der Waals surface area contributed by atoms with Gasteiger partial charge in [-0.3, -0.25) is 0 Å². The number of nitrogens with one attached hydrogen (secondary N) is 1. The molecule has 0 aliphatic heterocycles. The quantitative estimate of drug-likeness (QED) is 0.659. The number of hydrogen-bond acceptors (Lipinski definition) is 2. The molecule has 1 saturated carbocycles. The van der Waals surface area contributed by atoms with Gasteiger partial charge in [0.25, 0.3) is 0 Å². The Hall–Kier alpha value is -0.860. The van der Waals surface area contributed by atoms with E-state index in [1.165, 1.54) is 30.4 Å². The minimum absolute atomic E-state index is 0.586. The summed E-state index contributed by atoms with van der Waals surface area (Å²) in [5.74, 6) is 1.45. The SMILES string of the molecule is CCCNCC(COCC1CC1)Cc1ccc(C)cc1. The van der Waals surface area contributed by atoms with Crippen LogP contribution in [0.4, 0.5) is 0 Å². The molecule has 2 nitrogen and oxygen atoms in total. The fraction of sp³-hybridized carbons (Fsp3) is 0.667. The molecule has 1 fully saturated rings. The van der Waals surface area contributed by atoms with Gasteiger partial charge in [-0.15, -0.1) is 0 Å². The third-order valence-electron chi connectivity index (χ3n) is 3.91. The molecule has 1 unspecified atom stereocenters. The van der Waals surface area contributed by atoms with Gasteiger partial charge in [0.05, 0.1) is 6.61 Å². The second-order valence-corrected chi connectivity index (χ2v) is 6.24. The van der Waals surface area contributed by atoms with E-state index in [4.69, 9.17) is 4.74 Å². The Morgan fingerprint density at radius 2 is 2.00 bits per heavy atom. The number of benzene rings is 1. The predicted molar refractivity (Wildman–Crippen MR) is 85.1 cm³/mol. The monoisotopic (exact) mass is 275 g/mol. The average molecular weight is 275 g/mol. The van der Waals surface area contributed by atoms with Gasteiger partial charge in [-0.25, -0.2) is 0 Å². The van der Waals surface area contributed by atoms with Crippen molar-refractivity contribution in [1.82, 2.24) is 5.32 Å². The molecule has 1 atom stereocenters. The van der Waals surface area contributed by atoms with Crippen LogP contribution in [0.25, 0.3) is 0 Å². The van der Waals surface area contributed by atoms with E-state index in [2.05, 4.69) is 43.4 Å². The van der Waals surface area contributed by atoms with Crippen LogP contribution in [-0.2, 0) is 11.2 Å². The molecule has 0 spiro atoms. The van der Waals surface area contributed by atoms with E-state index in [0.29, 0.717) is 5.92 Å². The Bertz CT molecular complexity index is 370. The average Bonchev–Trinajstić information content (AvgIpc) is 3.25. The van der Waals surface area contributed by atoms with Gasteiger partial charge in [-0.05, 0) is 56.6 Å². The van der Waals surface area contributed by atoms with Crippen molar-refractivity contribution in [1.29, 1.82) is 0 Å². The van der Waals surface area contributed by atoms with E-state index in [9.17, 15) is 0 Å². The summed E-state index contributed by atoms with van der Waals surface area (Å²) in [5.41, 5.74) is 2.76. The van der Waals surface area contributed by atoms with E-state index in [1.807, 2.05) is 0 Å². The molecule has 2 heteroatoms. The second-order valence-electron chi connectivity index (χ2n) is 6.24. The summed E-state index contributed by atoms with van der Waals surface area (Å²) in [5, 5.41) is 3.54. The molecule has 2 rings (SSSR count). The van der Waals surface area contributed by atoms with Gasteiger partial charge >= 0.3 is 0 Å². The van der Waals surface area contributed by atoms with Crippen LogP contribution in [0.5, 0.6) is 0 Å². The lowest BCUT2D eigenvalue weighted by Gasteiger charge is -2.18. The zero-order chi connectivity index (χ0) is 14.2. The molecule has 1 aliphatic carbocycles. The van der Waals surface area contributed by atoms with E-state index >= 15 is 0 Å². The van der Waals surface area contributed by atoms with Crippen molar-refractivity contribution in [3.63, 3.8) is 0 Å². The fourth-order valence-corrected chi connectivity index (χ4v) is 2.42. The maximum Gasteiger partial charge on any atom is 0.0509 e. The van der Waals surface area contributed by atoms with E-state index < -0.39 is 0 Å². The van der Waals surface area contributed by atoms with Crippen molar-refractivity contribution in [2.24, 2.45) is 11.8 Å². The first kappa shape index (κ1) is 15.5. The summed E-state index contributed by atoms with van der Waals surface area (Å²) in [6, 6.07) is 8.92. The van der Waals surface area contributed by atoms with Gasteiger partial charge in [0.1, 0.15) is 0 Å². The van der Waals surface area contributed by atoms with Crippen LogP contribution in [0.2, 0.25) is 0 Å². The predicted octanol–water partition coefficient (Wildman–Crippen LogP) is 3.58.